The van der Waals surface area contributed by atoms with Crippen LogP contribution in [-0.2, 0) is 0 Å². The predicted molar refractivity (Wildman–Crippen MR) is 86.1 cm³/mol. The van der Waals surface area contributed by atoms with Gasteiger partial charge in [0.1, 0.15) is 11.1 Å². The normalized spacial score (nSPS) is 14.1. The zero-order valence-corrected chi connectivity index (χ0v) is 13.0. The van der Waals surface area contributed by atoms with Gasteiger partial charge in [-0.05, 0) is 44.9 Å². The van der Waals surface area contributed by atoms with Crippen LogP contribution < -0.4 is 15.8 Å². The van der Waals surface area contributed by atoms with Crippen molar-refractivity contribution in [2.45, 2.75) is 32.7 Å². The number of nitrogens with one attached hydrogen (secondary N) is 2. The van der Waals surface area contributed by atoms with Crippen LogP contribution in [0.5, 0.6) is 0 Å². The van der Waals surface area contributed by atoms with E-state index in [9.17, 15) is 4.79 Å². The molecular weight excluding hydrogens is 278 g/mol. The number of hydrogen-bond acceptors (Lipinski definition) is 4. The fourth-order valence-corrected chi connectivity index (χ4v) is 2.56. The highest BCUT2D eigenvalue weighted by Crippen LogP contribution is 2.23. The number of amides is 1. The molecule has 5 heteroatoms. The van der Waals surface area contributed by atoms with Crippen molar-refractivity contribution in [2.24, 2.45) is 0 Å². The van der Waals surface area contributed by atoms with Crippen molar-refractivity contribution in [1.82, 2.24) is 5.32 Å². The number of anilines is 1. The lowest BCUT2D eigenvalue weighted by Gasteiger charge is -2.21. The molecule has 0 radical (unpaired) electrons. The molecule has 1 heterocycles. The van der Waals surface area contributed by atoms with Gasteiger partial charge in [0.2, 0.25) is 5.55 Å². The van der Waals surface area contributed by atoms with Gasteiger partial charge >= 0.3 is 0 Å². The molecule has 3 rings (SSSR count). The molecule has 116 valence electrons. The first kappa shape index (κ1) is 14.6. The monoisotopic (exact) mass is 299 g/mol. The highest BCUT2D eigenvalue weighted by molar-refractivity contribution is 5.97. The third kappa shape index (κ3) is 2.84. The molecule has 2 aromatic rings. The largest absolute Gasteiger partial charge is 0.438 e. The number of hydrogen-bond donors (Lipinski definition) is 2. The number of fused-ring (bicyclic) bond motifs is 1. The average Bonchev–Trinajstić information content (AvgIpc) is 3.31. The van der Waals surface area contributed by atoms with Gasteiger partial charge < -0.3 is 14.6 Å². The summed E-state index contributed by atoms with van der Waals surface area (Å²) in [5.41, 5.74) is 1.92. The van der Waals surface area contributed by atoms with E-state index in [1.165, 1.54) is 0 Å². The van der Waals surface area contributed by atoms with Crippen LogP contribution in [0.3, 0.4) is 0 Å². The van der Waals surface area contributed by atoms with Gasteiger partial charge in [0.05, 0.1) is 0 Å². The Morgan fingerprint density at radius 2 is 2.05 bits per heavy atom. The predicted octanol–water partition coefficient (Wildman–Crippen LogP) is 2.65. The molecule has 1 aromatic heterocycles. The zero-order chi connectivity index (χ0) is 15.7. The first-order valence-electron chi connectivity index (χ1n) is 7.80. The fourth-order valence-electron chi connectivity index (χ4n) is 2.56. The Hall–Kier alpha value is -2.30. The van der Waals surface area contributed by atoms with Gasteiger partial charge in [-0.2, -0.15) is 0 Å². The molecule has 1 fully saturated rings. The lowest BCUT2D eigenvalue weighted by molar-refractivity contribution is 0.0947. The van der Waals surface area contributed by atoms with Gasteiger partial charge in [-0.25, -0.2) is 0 Å². The second-order valence-electron chi connectivity index (χ2n) is 5.63. The molecule has 1 saturated carbocycles. The minimum atomic E-state index is -0.217. The zero-order valence-electron chi connectivity index (χ0n) is 13.0. The van der Waals surface area contributed by atoms with Crippen LogP contribution >= 0.6 is 0 Å². The van der Waals surface area contributed by atoms with E-state index in [1.54, 1.807) is 6.07 Å². The van der Waals surface area contributed by atoms with Crippen LogP contribution in [0.15, 0.2) is 28.7 Å². The van der Waals surface area contributed by atoms with Crippen LogP contribution in [0.1, 0.15) is 37.0 Å². The van der Waals surface area contributed by atoms with Crippen LogP contribution in [-0.4, -0.2) is 25.0 Å². The Labute approximate surface area is 129 Å². The Balaban J connectivity index is 1.98. The summed E-state index contributed by atoms with van der Waals surface area (Å²) in [6.45, 7) is 6.04. The SMILES string of the molecule is CCN(CC)c1ccc2cc(C(=O)NC3CC3)c(=N)oc2c1. The van der Waals surface area contributed by atoms with Gasteiger partial charge in [-0.1, -0.05) is 0 Å². The lowest BCUT2D eigenvalue weighted by atomic mass is 10.1. The Kier molecular flexibility index (Phi) is 3.88. The van der Waals surface area contributed by atoms with E-state index in [-0.39, 0.29) is 17.5 Å². The lowest BCUT2D eigenvalue weighted by Crippen LogP contribution is -2.29. The Morgan fingerprint density at radius 3 is 2.68 bits per heavy atom. The van der Waals surface area contributed by atoms with Crippen molar-refractivity contribution in [3.63, 3.8) is 0 Å². The third-order valence-electron chi connectivity index (χ3n) is 4.04. The maximum absolute atomic E-state index is 12.1. The molecule has 22 heavy (non-hydrogen) atoms. The number of carbonyl (C=O) groups excluding carboxylic acids is 1. The van der Waals surface area contributed by atoms with E-state index in [1.807, 2.05) is 18.2 Å². The molecule has 2 N–H and O–H groups in total. The first-order chi connectivity index (χ1) is 10.6. The van der Waals surface area contributed by atoms with Gasteiger partial charge in [-0.3, -0.25) is 10.2 Å². The molecule has 0 aliphatic heterocycles. The second-order valence-corrected chi connectivity index (χ2v) is 5.63. The summed E-state index contributed by atoms with van der Waals surface area (Å²) in [6.07, 6.45) is 2.05. The van der Waals surface area contributed by atoms with Crippen LogP contribution in [0.2, 0.25) is 0 Å². The molecule has 0 bridgehead atoms. The number of benzene rings is 1. The smallest absolute Gasteiger partial charge is 0.257 e. The standard InChI is InChI=1S/C17H21N3O2/c1-3-20(4-2)13-8-5-11-9-14(16(18)22-15(11)10-13)17(21)19-12-6-7-12/h5,8-10,12,18H,3-4,6-7H2,1-2H3,(H,19,21). The maximum Gasteiger partial charge on any atom is 0.257 e. The highest BCUT2D eigenvalue weighted by Gasteiger charge is 2.25. The molecule has 0 atom stereocenters. The highest BCUT2D eigenvalue weighted by atomic mass is 16.3. The molecule has 0 unspecified atom stereocenters. The quantitative estimate of drug-likeness (QED) is 0.891. The molecule has 1 aromatic carbocycles. The number of rotatable bonds is 5. The van der Waals surface area contributed by atoms with E-state index in [4.69, 9.17) is 9.83 Å². The molecule has 1 amide bonds. The minimum Gasteiger partial charge on any atom is -0.438 e. The Morgan fingerprint density at radius 1 is 1.32 bits per heavy atom. The summed E-state index contributed by atoms with van der Waals surface area (Å²) in [7, 11) is 0. The van der Waals surface area contributed by atoms with Crippen molar-refractivity contribution < 1.29 is 9.21 Å². The van der Waals surface area contributed by atoms with Crippen LogP contribution in [0.25, 0.3) is 11.0 Å². The van der Waals surface area contributed by atoms with Gasteiger partial charge in [-0.15, -0.1) is 0 Å². The van der Waals surface area contributed by atoms with Crippen LogP contribution in [0, 0.1) is 5.41 Å². The maximum atomic E-state index is 12.1. The molecule has 1 aliphatic carbocycles. The van der Waals surface area contributed by atoms with Gasteiger partial charge in [0, 0.05) is 36.3 Å². The molecular formula is C17H21N3O2. The minimum absolute atomic E-state index is 0.0812. The number of carbonyl (C=O) groups is 1. The number of nitrogens with zero attached hydrogens (tertiary/aromatic N) is 1. The van der Waals surface area contributed by atoms with E-state index >= 15 is 0 Å². The van der Waals surface area contributed by atoms with Crippen molar-refractivity contribution in [2.75, 3.05) is 18.0 Å². The van der Waals surface area contributed by atoms with Gasteiger partial charge in [0.15, 0.2) is 0 Å². The van der Waals surface area contributed by atoms with Crippen molar-refractivity contribution in [3.05, 3.63) is 35.4 Å². The van der Waals surface area contributed by atoms with Gasteiger partial charge in [0.25, 0.3) is 5.91 Å². The van der Waals surface area contributed by atoms with Crippen LogP contribution in [0.4, 0.5) is 5.69 Å². The summed E-state index contributed by atoms with van der Waals surface area (Å²) in [5.74, 6) is -0.217. The summed E-state index contributed by atoms with van der Waals surface area (Å²) in [4.78, 5) is 14.3. The topological polar surface area (TPSA) is 69.3 Å². The summed E-state index contributed by atoms with van der Waals surface area (Å²) < 4.78 is 5.57. The first-order valence-corrected chi connectivity index (χ1v) is 7.80. The van der Waals surface area contributed by atoms with E-state index in [2.05, 4.69) is 24.1 Å². The van der Waals surface area contributed by atoms with E-state index in [0.717, 1.165) is 37.0 Å². The summed E-state index contributed by atoms with van der Waals surface area (Å²) in [6, 6.07) is 7.91. The average molecular weight is 299 g/mol. The van der Waals surface area contributed by atoms with Crippen molar-refractivity contribution in [1.29, 1.82) is 5.41 Å². The van der Waals surface area contributed by atoms with E-state index in [0.29, 0.717) is 11.1 Å². The molecule has 0 spiro atoms. The van der Waals surface area contributed by atoms with Crippen molar-refractivity contribution >= 4 is 22.6 Å². The third-order valence-corrected chi connectivity index (χ3v) is 4.04. The Bertz CT molecular complexity index is 758. The fraction of sp³-hybridized carbons (Fsp3) is 0.412. The van der Waals surface area contributed by atoms with Crippen molar-refractivity contribution in [3.8, 4) is 0 Å². The molecule has 0 saturated heterocycles. The van der Waals surface area contributed by atoms with E-state index < -0.39 is 0 Å². The summed E-state index contributed by atoms with van der Waals surface area (Å²) in [5, 5.41) is 11.7. The second kappa shape index (κ2) is 5.83. The molecule has 5 nitrogen and oxygen atoms in total. The summed E-state index contributed by atoms with van der Waals surface area (Å²) >= 11 is 0. The molecule has 1 aliphatic rings.